The molecule has 18 heavy (non-hydrogen) atoms. The van der Waals surface area contributed by atoms with E-state index in [1.54, 1.807) is 18.3 Å². The van der Waals surface area contributed by atoms with Gasteiger partial charge in [0.05, 0.1) is 11.7 Å². The zero-order valence-corrected chi connectivity index (χ0v) is 9.95. The van der Waals surface area contributed by atoms with Crippen LogP contribution < -0.4 is 11.1 Å². The molecule has 2 aromatic heterocycles. The number of anilines is 1. The van der Waals surface area contributed by atoms with Crippen LogP contribution in [0.2, 0.25) is 0 Å². The van der Waals surface area contributed by atoms with Gasteiger partial charge in [0.2, 0.25) is 5.91 Å². The van der Waals surface area contributed by atoms with Crippen molar-refractivity contribution >= 4 is 11.6 Å². The first-order chi connectivity index (χ1) is 8.72. The summed E-state index contributed by atoms with van der Waals surface area (Å²) in [5, 5.41) is 6.71. The Morgan fingerprint density at radius 3 is 3.11 bits per heavy atom. The average Bonchev–Trinajstić information content (AvgIpc) is 2.92. The highest BCUT2D eigenvalue weighted by Gasteiger charge is 2.14. The van der Waals surface area contributed by atoms with Crippen molar-refractivity contribution in [2.45, 2.75) is 19.4 Å². The van der Waals surface area contributed by atoms with Crippen LogP contribution in [0.3, 0.4) is 0 Å². The number of rotatable bonds is 4. The number of aromatic nitrogens is 4. The predicted octanol–water partition coefficient (Wildman–Crippen LogP) is 0.338. The van der Waals surface area contributed by atoms with Gasteiger partial charge in [0.25, 0.3) is 0 Å². The summed E-state index contributed by atoms with van der Waals surface area (Å²) in [5.74, 6) is 0.263. The Morgan fingerprint density at radius 2 is 2.44 bits per heavy atom. The van der Waals surface area contributed by atoms with Gasteiger partial charge in [-0.1, -0.05) is 6.92 Å². The van der Waals surface area contributed by atoms with Crippen molar-refractivity contribution in [1.82, 2.24) is 19.7 Å². The van der Waals surface area contributed by atoms with Crippen molar-refractivity contribution in [2.75, 3.05) is 5.32 Å². The van der Waals surface area contributed by atoms with Crippen LogP contribution in [0.15, 0.2) is 31.0 Å². The van der Waals surface area contributed by atoms with Gasteiger partial charge >= 0.3 is 0 Å². The number of hydrogen-bond acceptors (Lipinski definition) is 5. The third kappa shape index (κ3) is 2.51. The van der Waals surface area contributed by atoms with Gasteiger partial charge < -0.3 is 11.1 Å². The lowest BCUT2D eigenvalue weighted by Crippen LogP contribution is -2.35. The third-order valence-corrected chi connectivity index (χ3v) is 2.46. The number of nitrogens with one attached hydrogen (secondary N) is 1. The zero-order valence-electron chi connectivity index (χ0n) is 9.95. The molecule has 0 unspecified atom stereocenters. The van der Waals surface area contributed by atoms with Crippen LogP contribution in [0.25, 0.3) is 5.82 Å². The molecule has 0 bridgehead atoms. The number of carbonyl (C=O) groups is 1. The van der Waals surface area contributed by atoms with Crippen LogP contribution in [0.5, 0.6) is 0 Å². The molecule has 2 aromatic rings. The molecule has 7 heteroatoms. The molecule has 0 aliphatic carbocycles. The molecule has 0 saturated carbocycles. The summed E-state index contributed by atoms with van der Waals surface area (Å²) < 4.78 is 1.48. The van der Waals surface area contributed by atoms with Gasteiger partial charge in [-0.3, -0.25) is 4.79 Å². The first-order valence-corrected chi connectivity index (χ1v) is 5.59. The normalized spacial score (nSPS) is 12.1. The molecular formula is C11H14N6O. The van der Waals surface area contributed by atoms with Crippen molar-refractivity contribution in [3.8, 4) is 5.82 Å². The summed E-state index contributed by atoms with van der Waals surface area (Å²) >= 11 is 0. The maximum Gasteiger partial charge on any atom is 0.241 e. The second kappa shape index (κ2) is 5.37. The quantitative estimate of drug-likeness (QED) is 0.810. The van der Waals surface area contributed by atoms with E-state index in [4.69, 9.17) is 5.73 Å². The molecule has 1 atom stereocenters. The van der Waals surface area contributed by atoms with E-state index in [1.165, 1.54) is 17.3 Å². The van der Waals surface area contributed by atoms with E-state index >= 15 is 0 Å². The maximum atomic E-state index is 11.8. The van der Waals surface area contributed by atoms with Gasteiger partial charge in [0.15, 0.2) is 5.82 Å². The van der Waals surface area contributed by atoms with Gasteiger partial charge in [0.1, 0.15) is 12.7 Å². The lowest BCUT2D eigenvalue weighted by Gasteiger charge is -2.12. The topological polar surface area (TPSA) is 98.7 Å². The Kier molecular flexibility index (Phi) is 3.63. The fraction of sp³-hybridized carbons (Fsp3) is 0.273. The number of nitrogens with zero attached hydrogens (tertiary/aromatic N) is 4. The molecule has 1 amide bonds. The number of amides is 1. The van der Waals surface area contributed by atoms with Gasteiger partial charge in [-0.2, -0.15) is 5.10 Å². The fourth-order valence-corrected chi connectivity index (χ4v) is 1.41. The highest BCUT2D eigenvalue weighted by atomic mass is 16.2. The molecular weight excluding hydrogens is 232 g/mol. The molecule has 0 aliphatic rings. The Bertz CT molecular complexity index is 524. The van der Waals surface area contributed by atoms with E-state index in [0.29, 0.717) is 17.9 Å². The maximum absolute atomic E-state index is 11.8. The predicted molar refractivity (Wildman–Crippen MR) is 66.1 cm³/mol. The Balaban J connectivity index is 2.26. The molecule has 0 saturated heterocycles. The highest BCUT2D eigenvalue weighted by Crippen LogP contribution is 2.15. The molecule has 0 spiro atoms. The molecule has 0 aliphatic heterocycles. The van der Waals surface area contributed by atoms with Crippen molar-refractivity contribution in [3.63, 3.8) is 0 Å². The van der Waals surface area contributed by atoms with E-state index in [9.17, 15) is 4.79 Å². The van der Waals surface area contributed by atoms with E-state index in [2.05, 4.69) is 20.4 Å². The number of carbonyl (C=O) groups excluding carboxylic acids is 1. The molecule has 3 N–H and O–H groups in total. The SMILES string of the molecule is CC[C@H](N)C(=O)Nc1cccnc1-n1cncn1. The summed E-state index contributed by atoms with van der Waals surface area (Å²) in [4.78, 5) is 19.8. The first-order valence-electron chi connectivity index (χ1n) is 5.59. The molecule has 7 nitrogen and oxygen atoms in total. The molecule has 94 valence electrons. The molecule has 2 rings (SSSR count). The Labute approximate surface area is 104 Å². The summed E-state index contributed by atoms with van der Waals surface area (Å²) in [6.07, 6.45) is 5.10. The van der Waals surface area contributed by atoms with Gasteiger partial charge in [-0.25, -0.2) is 14.6 Å². The van der Waals surface area contributed by atoms with Crippen LogP contribution in [0, 0.1) is 0 Å². The van der Waals surface area contributed by atoms with Gasteiger partial charge in [0, 0.05) is 6.20 Å². The van der Waals surface area contributed by atoms with Crippen LogP contribution in [-0.4, -0.2) is 31.7 Å². The van der Waals surface area contributed by atoms with Crippen LogP contribution in [0.1, 0.15) is 13.3 Å². The van der Waals surface area contributed by atoms with Crippen LogP contribution in [-0.2, 0) is 4.79 Å². The molecule has 0 aromatic carbocycles. The highest BCUT2D eigenvalue weighted by molar-refractivity contribution is 5.95. The van der Waals surface area contributed by atoms with Crippen molar-refractivity contribution in [3.05, 3.63) is 31.0 Å². The summed E-state index contributed by atoms with van der Waals surface area (Å²) in [5.41, 5.74) is 6.22. The first kappa shape index (κ1) is 12.2. The average molecular weight is 246 g/mol. The lowest BCUT2D eigenvalue weighted by molar-refractivity contribution is -0.117. The standard InChI is InChI=1S/C11H14N6O/c1-2-8(12)11(18)16-9-4-3-5-14-10(9)17-7-13-6-15-17/h3-8H,2,12H2,1H3,(H,16,18)/t8-/m0/s1. The number of pyridine rings is 1. The lowest BCUT2D eigenvalue weighted by atomic mass is 10.2. The molecule has 2 heterocycles. The van der Waals surface area contributed by atoms with Crippen LogP contribution in [0.4, 0.5) is 5.69 Å². The van der Waals surface area contributed by atoms with Crippen LogP contribution >= 0.6 is 0 Å². The second-order valence-corrected chi connectivity index (χ2v) is 3.72. The van der Waals surface area contributed by atoms with Gasteiger partial charge in [-0.15, -0.1) is 0 Å². The van der Waals surface area contributed by atoms with E-state index in [-0.39, 0.29) is 5.91 Å². The van der Waals surface area contributed by atoms with Gasteiger partial charge in [-0.05, 0) is 18.6 Å². The minimum absolute atomic E-state index is 0.244. The van der Waals surface area contributed by atoms with E-state index in [1.807, 2.05) is 6.92 Å². The van der Waals surface area contributed by atoms with Crippen molar-refractivity contribution in [2.24, 2.45) is 5.73 Å². The van der Waals surface area contributed by atoms with Crippen molar-refractivity contribution < 1.29 is 4.79 Å². The summed E-state index contributed by atoms with van der Waals surface area (Å²) in [7, 11) is 0. The molecule has 0 fully saturated rings. The fourth-order valence-electron chi connectivity index (χ4n) is 1.41. The Morgan fingerprint density at radius 1 is 1.61 bits per heavy atom. The summed E-state index contributed by atoms with van der Waals surface area (Å²) in [6, 6.07) is 2.94. The number of hydrogen-bond donors (Lipinski definition) is 2. The minimum atomic E-state index is -0.534. The Hall–Kier alpha value is -2.28. The molecule has 0 radical (unpaired) electrons. The number of nitrogens with two attached hydrogens (primary N) is 1. The second-order valence-electron chi connectivity index (χ2n) is 3.72. The minimum Gasteiger partial charge on any atom is -0.322 e. The summed E-state index contributed by atoms with van der Waals surface area (Å²) in [6.45, 7) is 1.85. The monoisotopic (exact) mass is 246 g/mol. The third-order valence-electron chi connectivity index (χ3n) is 2.46. The largest absolute Gasteiger partial charge is 0.322 e. The van der Waals surface area contributed by atoms with E-state index < -0.39 is 6.04 Å². The van der Waals surface area contributed by atoms with E-state index in [0.717, 1.165) is 0 Å². The smallest absolute Gasteiger partial charge is 0.241 e. The van der Waals surface area contributed by atoms with Crippen molar-refractivity contribution in [1.29, 1.82) is 0 Å². The zero-order chi connectivity index (χ0) is 13.0.